The number of rotatable bonds is 8. The van der Waals surface area contributed by atoms with Gasteiger partial charge in [-0.3, -0.25) is 9.59 Å². The molecule has 1 aromatic rings. The first kappa shape index (κ1) is 23.8. The molecule has 172 valence electrons. The third-order valence-electron chi connectivity index (χ3n) is 7.17. The number of carbonyl (C=O) groups excluding carboxylic acids is 2. The maximum Gasteiger partial charge on any atom is 0.311 e. The van der Waals surface area contributed by atoms with E-state index >= 15 is 0 Å². The second-order valence-electron chi connectivity index (χ2n) is 10.1. The fraction of sp³-hybridized carbons (Fsp3) is 0.692. The van der Waals surface area contributed by atoms with E-state index in [-0.39, 0.29) is 17.3 Å². The fourth-order valence-electron chi connectivity index (χ4n) is 5.65. The molecule has 2 saturated carbocycles. The van der Waals surface area contributed by atoms with E-state index in [2.05, 4.69) is 36.4 Å². The van der Waals surface area contributed by atoms with Gasteiger partial charge in [-0.25, -0.2) is 0 Å². The van der Waals surface area contributed by atoms with Crippen LogP contribution in [0.1, 0.15) is 82.6 Å². The molecule has 0 heterocycles. The monoisotopic (exact) mass is 428 g/mol. The van der Waals surface area contributed by atoms with E-state index in [4.69, 9.17) is 4.74 Å². The number of esters is 1. The Morgan fingerprint density at radius 1 is 1.10 bits per heavy atom. The van der Waals surface area contributed by atoms with Crippen molar-refractivity contribution in [2.45, 2.75) is 77.0 Å². The summed E-state index contributed by atoms with van der Waals surface area (Å²) in [5, 5.41) is 2.95. The molecule has 5 heteroatoms. The van der Waals surface area contributed by atoms with Crippen LogP contribution in [0.5, 0.6) is 5.75 Å². The predicted octanol–water partition coefficient (Wildman–Crippen LogP) is 4.90. The summed E-state index contributed by atoms with van der Waals surface area (Å²) in [6, 6.07) is 8.19. The zero-order valence-corrected chi connectivity index (χ0v) is 19.6. The van der Waals surface area contributed by atoms with Gasteiger partial charge < -0.3 is 15.0 Å². The van der Waals surface area contributed by atoms with Crippen LogP contribution in [-0.2, 0) is 9.59 Å². The smallest absolute Gasteiger partial charge is 0.311 e. The van der Waals surface area contributed by atoms with Crippen LogP contribution in [0.4, 0.5) is 0 Å². The van der Waals surface area contributed by atoms with E-state index in [0.717, 1.165) is 32.2 Å². The van der Waals surface area contributed by atoms with E-state index in [1.54, 1.807) is 0 Å². The molecule has 0 saturated heterocycles. The molecule has 1 N–H and O–H groups in total. The Kier molecular flexibility index (Phi) is 8.53. The average Bonchev–Trinajstić information content (AvgIpc) is 2.73. The largest absolute Gasteiger partial charge is 0.427 e. The summed E-state index contributed by atoms with van der Waals surface area (Å²) < 4.78 is 5.83. The third-order valence-corrected chi connectivity index (χ3v) is 7.17. The van der Waals surface area contributed by atoms with Crippen molar-refractivity contribution in [2.75, 3.05) is 27.2 Å². The van der Waals surface area contributed by atoms with Crippen LogP contribution in [0.2, 0.25) is 0 Å². The quantitative estimate of drug-likeness (QED) is 0.472. The van der Waals surface area contributed by atoms with Crippen molar-refractivity contribution in [1.82, 2.24) is 10.2 Å². The Hall–Kier alpha value is -1.88. The predicted molar refractivity (Wildman–Crippen MR) is 124 cm³/mol. The van der Waals surface area contributed by atoms with E-state index in [0.29, 0.717) is 30.6 Å². The summed E-state index contributed by atoms with van der Waals surface area (Å²) in [4.78, 5) is 26.6. The first-order chi connectivity index (χ1) is 14.9. The number of carbonyl (C=O) groups is 2. The van der Waals surface area contributed by atoms with Crippen molar-refractivity contribution in [3.8, 4) is 5.75 Å². The van der Waals surface area contributed by atoms with E-state index < -0.39 is 0 Å². The van der Waals surface area contributed by atoms with Crippen molar-refractivity contribution in [3.05, 3.63) is 29.8 Å². The van der Waals surface area contributed by atoms with Gasteiger partial charge in [-0.05, 0) is 74.7 Å². The zero-order chi connectivity index (χ0) is 22.3. The maximum absolute atomic E-state index is 12.9. The summed E-state index contributed by atoms with van der Waals surface area (Å²) in [6.07, 6.45) is 10.8. The highest BCUT2D eigenvalue weighted by Gasteiger charge is 2.35. The third kappa shape index (κ3) is 7.06. The highest BCUT2D eigenvalue weighted by atomic mass is 16.5. The molecule has 0 bridgehead atoms. The van der Waals surface area contributed by atoms with E-state index in [1.807, 2.05) is 12.1 Å². The van der Waals surface area contributed by atoms with Crippen molar-refractivity contribution < 1.29 is 14.3 Å². The van der Waals surface area contributed by atoms with Crippen LogP contribution >= 0.6 is 0 Å². The van der Waals surface area contributed by atoms with Crippen LogP contribution in [0.3, 0.4) is 0 Å². The lowest BCUT2D eigenvalue weighted by Gasteiger charge is -2.36. The topological polar surface area (TPSA) is 58.6 Å². The lowest BCUT2D eigenvalue weighted by atomic mass is 9.71. The Morgan fingerprint density at radius 3 is 2.55 bits per heavy atom. The second kappa shape index (κ2) is 11.1. The molecule has 2 aliphatic carbocycles. The van der Waals surface area contributed by atoms with Gasteiger partial charge in [0.05, 0.1) is 6.42 Å². The number of benzene rings is 1. The highest BCUT2D eigenvalue weighted by Crippen LogP contribution is 2.41. The second-order valence-corrected chi connectivity index (χ2v) is 10.1. The number of nitrogens with one attached hydrogen (secondary N) is 1. The van der Waals surface area contributed by atoms with Gasteiger partial charge in [0, 0.05) is 20.0 Å². The van der Waals surface area contributed by atoms with Crippen molar-refractivity contribution in [1.29, 1.82) is 0 Å². The van der Waals surface area contributed by atoms with Gasteiger partial charge in [0.2, 0.25) is 5.91 Å². The van der Waals surface area contributed by atoms with Crippen LogP contribution in [0.25, 0.3) is 0 Å². The summed E-state index contributed by atoms with van der Waals surface area (Å²) in [7, 11) is 4.29. The van der Waals surface area contributed by atoms with Crippen LogP contribution in [-0.4, -0.2) is 44.0 Å². The molecule has 0 aromatic heterocycles. The van der Waals surface area contributed by atoms with Gasteiger partial charge >= 0.3 is 5.97 Å². The molecule has 2 fully saturated rings. The van der Waals surface area contributed by atoms with Gasteiger partial charge in [-0.1, -0.05) is 44.2 Å². The van der Waals surface area contributed by atoms with Gasteiger partial charge in [0.15, 0.2) is 0 Å². The molecule has 2 aliphatic rings. The fourth-order valence-corrected chi connectivity index (χ4v) is 5.65. The first-order valence-electron chi connectivity index (χ1n) is 12.1. The molecular formula is C26H40N2O3. The molecule has 2 unspecified atom stereocenters. The van der Waals surface area contributed by atoms with Gasteiger partial charge in [0.1, 0.15) is 5.75 Å². The maximum atomic E-state index is 12.9. The van der Waals surface area contributed by atoms with Crippen molar-refractivity contribution >= 4 is 11.9 Å². The van der Waals surface area contributed by atoms with Gasteiger partial charge in [-0.2, -0.15) is 0 Å². The Labute approximate surface area is 187 Å². The number of hydrogen-bond acceptors (Lipinski definition) is 4. The Bertz CT molecular complexity index is 740. The highest BCUT2D eigenvalue weighted by molar-refractivity contribution is 5.74. The van der Waals surface area contributed by atoms with Gasteiger partial charge in [0.25, 0.3) is 0 Å². The summed E-state index contributed by atoms with van der Waals surface area (Å²) in [5.74, 6) is 1.61. The molecule has 0 radical (unpaired) electrons. The lowest BCUT2D eigenvalue weighted by Crippen LogP contribution is -2.40. The number of ether oxygens (including phenoxy) is 1. The first-order valence-corrected chi connectivity index (χ1v) is 12.1. The molecule has 3 rings (SSSR count). The lowest BCUT2D eigenvalue weighted by molar-refractivity contribution is -0.138. The van der Waals surface area contributed by atoms with Crippen LogP contribution < -0.4 is 10.1 Å². The molecule has 5 nitrogen and oxygen atoms in total. The minimum atomic E-state index is -0.183. The van der Waals surface area contributed by atoms with Crippen LogP contribution in [0, 0.1) is 11.3 Å². The standard InChI is InChI=1S/C26H40N2O3/c1-20(29)27-19-26(14-7-4-8-15-26)17-25(30)31-23-12-9-11-21(16-23)24-13-6-5-10-22(24)18-28(2)3/h9,11-12,16,22,24H,4-8,10,13-15,17-19H2,1-3H3,(H,27,29). The normalized spacial score (nSPS) is 23.4. The molecule has 0 aliphatic heterocycles. The molecule has 2 atom stereocenters. The Balaban J connectivity index is 1.66. The zero-order valence-electron chi connectivity index (χ0n) is 19.6. The minimum absolute atomic E-state index is 0.0363. The molecule has 1 amide bonds. The molecule has 0 spiro atoms. The van der Waals surface area contributed by atoms with Crippen molar-refractivity contribution in [2.24, 2.45) is 11.3 Å². The average molecular weight is 429 g/mol. The Morgan fingerprint density at radius 2 is 1.84 bits per heavy atom. The number of nitrogens with zero attached hydrogens (tertiary/aromatic N) is 1. The number of hydrogen-bond donors (Lipinski definition) is 1. The minimum Gasteiger partial charge on any atom is -0.427 e. The van der Waals surface area contributed by atoms with Crippen LogP contribution in [0.15, 0.2) is 24.3 Å². The van der Waals surface area contributed by atoms with E-state index in [9.17, 15) is 9.59 Å². The summed E-state index contributed by atoms with van der Waals surface area (Å²) in [6.45, 7) is 3.20. The number of amides is 1. The van der Waals surface area contributed by atoms with Gasteiger partial charge in [-0.15, -0.1) is 0 Å². The molecular weight excluding hydrogens is 388 g/mol. The molecule has 31 heavy (non-hydrogen) atoms. The SMILES string of the molecule is CC(=O)NCC1(CC(=O)Oc2cccc(C3CCCCC3CN(C)C)c2)CCCCC1. The summed E-state index contributed by atoms with van der Waals surface area (Å²) in [5.41, 5.74) is 1.13. The molecule has 1 aromatic carbocycles. The summed E-state index contributed by atoms with van der Waals surface area (Å²) >= 11 is 0. The van der Waals surface area contributed by atoms with Crippen molar-refractivity contribution in [3.63, 3.8) is 0 Å². The van der Waals surface area contributed by atoms with E-state index in [1.165, 1.54) is 44.6 Å².